The Labute approximate surface area is 138 Å². The SMILES string of the molecule is CC(C)c1n[nH]c2c1CC(n1nc3c(c1C(C)C)CCCC3)C2. The summed E-state index contributed by atoms with van der Waals surface area (Å²) in [6.45, 7) is 9.10. The minimum Gasteiger partial charge on any atom is -0.282 e. The summed E-state index contributed by atoms with van der Waals surface area (Å²) in [5.74, 6) is 1.04. The first-order chi connectivity index (χ1) is 11.1. The first-order valence-electron chi connectivity index (χ1n) is 9.22. The molecule has 0 saturated carbocycles. The Bertz CT molecular complexity index is 720. The van der Waals surface area contributed by atoms with E-state index < -0.39 is 0 Å². The predicted octanol–water partition coefficient (Wildman–Crippen LogP) is 4.07. The van der Waals surface area contributed by atoms with Gasteiger partial charge in [-0.25, -0.2) is 0 Å². The van der Waals surface area contributed by atoms with Crippen LogP contribution in [-0.2, 0) is 25.7 Å². The van der Waals surface area contributed by atoms with Crippen LogP contribution in [0.1, 0.15) is 92.3 Å². The molecule has 0 spiro atoms. The van der Waals surface area contributed by atoms with Crippen molar-refractivity contribution < 1.29 is 0 Å². The van der Waals surface area contributed by atoms with Gasteiger partial charge in [0, 0.05) is 17.8 Å². The van der Waals surface area contributed by atoms with Crippen molar-refractivity contribution in [2.45, 2.75) is 84.1 Å². The molecule has 4 heteroatoms. The molecule has 4 rings (SSSR count). The summed E-state index contributed by atoms with van der Waals surface area (Å²) in [7, 11) is 0. The maximum atomic E-state index is 5.07. The summed E-state index contributed by atoms with van der Waals surface area (Å²) in [6, 6.07) is 0.472. The van der Waals surface area contributed by atoms with E-state index in [4.69, 9.17) is 5.10 Å². The van der Waals surface area contributed by atoms with Gasteiger partial charge in [-0.3, -0.25) is 9.78 Å². The highest BCUT2D eigenvalue weighted by molar-refractivity contribution is 5.36. The molecule has 4 nitrogen and oxygen atoms in total. The topological polar surface area (TPSA) is 46.5 Å². The second kappa shape index (κ2) is 5.50. The van der Waals surface area contributed by atoms with Gasteiger partial charge in [0.2, 0.25) is 0 Å². The zero-order valence-electron chi connectivity index (χ0n) is 14.8. The Morgan fingerprint density at radius 1 is 1.00 bits per heavy atom. The molecule has 0 aromatic carbocycles. The molecule has 0 radical (unpaired) electrons. The first-order valence-corrected chi connectivity index (χ1v) is 9.22. The number of aryl methyl sites for hydroxylation is 1. The first kappa shape index (κ1) is 15.0. The van der Waals surface area contributed by atoms with Gasteiger partial charge in [0.1, 0.15) is 0 Å². The van der Waals surface area contributed by atoms with Crippen molar-refractivity contribution >= 4 is 0 Å². The van der Waals surface area contributed by atoms with Gasteiger partial charge in [-0.05, 0) is 55.1 Å². The maximum Gasteiger partial charge on any atom is 0.0683 e. The third kappa shape index (κ3) is 2.34. The number of aromatic amines is 1. The van der Waals surface area contributed by atoms with Crippen molar-refractivity contribution in [3.63, 3.8) is 0 Å². The second-order valence-electron chi connectivity index (χ2n) is 7.90. The summed E-state index contributed by atoms with van der Waals surface area (Å²) in [5.41, 5.74) is 8.47. The van der Waals surface area contributed by atoms with E-state index >= 15 is 0 Å². The monoisotopic (exact) mass is 312 g/mol. The molecule has 1 N–H and O–H groups in total. The van der Waals surface area contributed by atoms with E-state index in [1.165, 1.54) is 54.0 Å². The van der Waals surface area contributed by atoms with Gasteiger partial charge in [0.15, 0.2) is 0 Å². The fraction of sp³-hybridized carbons (Fsp3) is 0.684. The fourth-order valence-corrected chi connectivity index (χ4v) is 4.50. The smallest absolute Gasteiger partial charge is 0.0683 e. The summed E-state index contributed by atoms with van der Waals surface area (Å²) in [6.07, 6.45) is 7.14. The molecule has 0 aliphatic heterocycles. The molecule has 1 unspecified atom stereocenters. The average molecular weight is 312 g/mol. The summed E-state index contributed by atoms with van der Waals surface area (Å²) in [4.78, 5) is 0. The molecule has 0 bridgehead atoms. The standard InChI is InChI=1S/C19H28N4/c1-11(2)18-15-9-13(10-17(15)20-21-18)23-19(12(3)4)14-7-5-6-8-16(14)22-23/h11-13H,5-10H2,1-4H3,(H,20,21). The molecule has 0 amide bonds. The number of fused-ring (bicyclic) bond motifs is 2. The highest BCUT2D eigenvalue weighted by Crippen LogP contribution is 2.37. The van der Waals surface area contributed by atoms with Crippen molar-refractivity contribution in [1.29, 1.82) is 0 Å². The van der Waals surface area contributed by atoms with E-state index in [-0.39, 0.29) is 0 Å². The Morgan fingerprint density at radius 3 is 2.52 bits per heavy atom. The highest BCUT2D eigenvalue weighted by atomic mass is 15.3. The zero-order valence-corrected chi connectivity index (χ0v) is 14.8. The number of hydrogen-bond acceptors (Lipinski definition) is 2. The minimum absolute atomic E-state index is 0.472. The fourth-order valence-electron chi connectivity index (χ4n) is 4.50. The highest BCUT2D eigenvalue weighted by Gasteiger charge is 2.33. The Hall–Kier alpha value is -1.58. The molecule has 2 aliphatic rings. The van der Waals surface area contributed by atoms with Crippen molar-refractivity contribution in [3.05, 3.63) is 33.9 Å². The molecule has 23 heavy (non-hydrogen) atoms. The molecule has 1 atom stereocenters. The molecule has 0 saturated heterocycles. The van der Waals surface area contributed by atoms with Crippen LogP contribution in [0.4, 0.5) is 0 Å². The van der Waals surface area contributed by atoms with Gasteiger partial charge in [-0.2, -0.15) is 10.2 Å². The van der Waals surface area contributed by atoms with Crippen LogP contribution in [0.25, 0.3) is 0 Å². The number of rotatable bonds is 3. The van der Waals surface area contributed by atoms with E-state index in [2.05, 4.69) is 42.6 Å². The number of H-pyrrole nitrogens is 1. The van der Waals surface area contributed by atoms with Crippen molar-refractivity contribution in [2.24, 2.45) is 0 Å². The van der Waals surface area contributed by atoms with Crippen LogP contribution in [-0.4, -0.2) is 20.0 Å². The molecule has 0 fully saturated rings. The summed E-state index contributed by atoms with van der Waals surface area (Å²) < 4.78 is 2.39. The van der Waals surface area contributed by atoms with Crippen molar-refractivity contribution in [2.75, 3.05) is 0 Å². The van der Waals surface area contributed by atoms with Crippen molar-refractivity contribution in [3.8, 4) is 0 Å². The quantitative estimate of drug-likeness (QED) is 0.928. The van der Waals surface area contributed by atoms with Crippen LogP contribution in [0.3, 0.4) is 0 Å². The van der Waals surface area contributed by atoms with Gasteiger partial charge < -0.3 is 0 Å². The molecular weight excluding hydrogens is 284 g/mol. The van der Waals surface area contributed by atoms with Gasteiger partial charge in [0.05, 0.1) is 17.4 Å². The molecular formula is C19H28N4. The number of aromatic nitrogens is 4. The Morgan fingerprint density at radius 2 is 1.78 bits per heavy atom. The lowest BCUT2D eigenvalue weighted by Gasteiger charge is -2.18. The van der Waals surface area contributed by atoms with Crippen LogP contribution < -0.4 is 0 Å². The third-order valence-electron chi connectivity index (χ3n) is 5.53. The van der Waals surface area contributed by atoms with Crippen LogP contribution in [0.2, 0.25) is 0 Å². The van der Waals surface area contributed by atoms with E-state index in [1.54, 1.807) is 5.56 Å². The lowest BCUT2D eigenvalue weighted by molar-refractivity contribution is 0.441. The second-order valence-corrected chi connectivity index (χ2v) is 7.90. The van der Waals surface area contributed by atoms with E-state index in [9.17, 15) is 0 Å². The number of hydrogen-bond donors (Lipinski definition) is 1. The maximum absolute atomic E-state index is 5.07. The normalized spacial score (nSPS) is 20.3. The lowest BCUT2D eigenvalue weighted by atomic mass is 9.92. The predicted molar refractivity (Wildman–Crippen MR) is 92.1 cm³/mol. The summed E-state index contributed by atoms with van der Waals surface area (Å²) >= 11 is 0. The molecule has 2 aromatic heterocycles. The Balaban J connectivity index is 1.71. The third-order valence-corrected chi connectivity index (χ3v) is 5.53. The molecule has 124 valence electrons. The van der Waals surface area contributed by atoms with Gasteiger partial charge in [0.25, 0.3) is 0 Å². The summed E-state index contributed by atoms with van der Waals surface area (Å²) in [5, 5.41) is 12.9. The van der Waals surface area contributed by atoms with Gasteiger partial charge in [-0.15, -0.1) is 0 Å². The van der Waals surface area contributed by atoms with E-state index in [0.717, 1.165) is 12.8 Å². The molecule has 2 aliphatic carbocycles. The molecule has 2 aromatic rings. The van der Waals surface area contributed by atoms with Crippen molar-refractivity contribution in [1.82, 2.24) is 20.0 Å². The molecule has 2 heterocycles. The Kier molecular flexibility index (Phi) is 3.58. The number of nitrogens with one attached hydrogen (secondary N) is 1. The number of nitrogens with zero attached hydrogens (tertiary/aromatic N) is 3. The van der Waals surface area contributed by atoms with Gasteiger partial charge >= 0.3 is 0 Å². The van der Waals surface area contributed by atoms with Crippen LogP contribution in [0, 0.1) is 0 Å². The minimum atomic E-state index is 0.472. The zero-order chi connectivity index (χ0) is 16.1. The van der Waals surface area contributed by atoms with Crippen LogP contribution in [0.5, 0.6) is 0 Å². The van der Waals surface area contributed by atoms with E-state index in [1.807, 2.05) is 0 Å². The van der Waals surface area contributed by atoms with Crippen LogP contribution in [0.15, 0.2) is 0 Å². The van der Waals surface area contributed by atoms with E-state index in [0.29, 0.717) is 17.9 Å². The largest absolute Gasteiger partial charge is 0.282 e. The van der Waals surface area contributed by atoms with Gasteiger partial charge in [-0.1, -0.05) is 27.7 Å². The average Bonchev–Trinajstić information content (AvgIpc) is 3.17. The lowest BCUT2D eigenvalue weighted by Crippen LogP contribution is -2.16. The van der Waals surface area contributed by atoms with Crippen LogP contribution >= 0.6 is 0 Å².